The SMILES string of the molecule is CN(C=O)C(NC(=O)OCc1cccnc1)C(C)(C)C. The molecular formula is C14H21N3O3. The Hall–Kier alpha value is -2.11. The first-order valence-corrected chi connectivity index (χ1v) is 6.34. The van der Waals surface area contributed by atoms with Crippen LogP contribution in [0.4, 0.5) is 4.79 Å². The Kier molecular flexibility index (Phi) is 5.49. The zero-order valence-corrected chi connectivity index (χ0v) is 12.3. The third-order valence-corrected chi connectivity index (χ3v) is 2.74. The Bertz CT molecular complexity index is 443. The molecule has 1 unspecified atom stereocenters. The van der Waals surface area contributed by atoms with E-state index in [9.17, 15) is 9.59 Å². The number of ether oxygens (including phenoxy) is 1. The van der Waals surface area contributed by atoms with Crippen molar-refractivity contribution in [3.05, 3.63) is 30.1 Å². The van der Waals surface area contributed by atoms with E-state index in [0.29, 0.717) is 6.41 Å². The van der Waals surface area contributed by atoms with E-state index in [1.54, 1.807) is 25.5 Å². The highest BCUT2D eigenvalue weighted by Crippen LogP contribution is 2.20. The monoisotopic (exact) mass is 279 g/mol. The van der Waals surface area contributed by atoms with Crippen molar-refractivity contribution >= 4 is 12.5 Å². The highest BCUT2D eigenvalue weighted by molar-refractivity contribution is 5.68. The van der Waals surface area contributed by atoms with Crippen LogP contribution in [0.3, 0.4) is 0 Å². The molecule has 1 atom stereocenters. The highest BCUT2D eigenvalue weighted by Gasteiger charge is 2.29. The Morgan fingerprint density at radius 2 is 2.25 bits per heavy atom. The van der Waals surface area contributed by atoms with Gasteiger partial charge in [-0.1, -0.05) is 26.8 Å². The molecule has 1 N–H and O–H groups in total. The molecule has 110 valence electrons. The second kappa shape index (κ2) is 6.88. The van der Waals surface area contributed by atoms with Crippen molar-refractivity contribution in [2.45, 2.75) is 33.5 Å². The van der Waals surface area contributed by atoms with Gasteiger partial charge in [0.2, 0.25) is 6.41 Å². The standard InChI is InChI=1S/C14H21N3O3/c1-14(2,3)12(17(4)10-18)16-13(19)20-9-11-6-5-7-15-8-11/h5-8,10,12H,9H2,1-4H3,(H,16,19). The lowest BCUT2D eigenvalue weighted by molar-refractivity contribution is -0.121. The third kappa shape index (κ3) is 4.87. The van der Waals surface area contributed by atoms with E-state index < -0.39 is 12.3 Å². The predicted octanol–water partition coefficient (Wildman–Crippen LogP) is 1.77. The molecule has 0 radical (unpaired) electrons. The summed E-state index contributed by atoms with van der Waals surface area (Å²) in [5.74, 6) is 0. The Morgan fingerprint density at radius 3 is 2.75 bits per heavy atom. The topological polar surface area (TPSA) is 71.5 Å². The fourth-order valence-corrected chi connectivity index (χ4v) is 1.78. The average Bonchev–Trinajstić information content (AvgIpc) is 2.41. The summed E-state index contributed by atoms with van der Waals surface area (Å²) in [7, 11) is 1.62. The average molecular weight is 279 g/mol. The van der Waals surface area contributed by atoms with Gasteiger partial charge in [0.15, 0.2) is 0 Å². The van der Waals surface area contributed by atoms with Crippen LogP contribution in [0.25, 0.3) is 0 Å². The summed E-state index contributed by atoms with van der Waals surface area (Å²) >= 11 is 0. The van der Waals surface area contributed by atoms with Crippen LogP contribution in [0.1, 0.15) is 26.3 Å². The van der Waals surface area contributed by atoms with Crippen molar-refractivity contribution in [3.8, 4) is 0 Å². The van der Waals surface area contributed by atoms with Gasteiger partial charge in [-0.25, -0.2) is 4.79 Å². The zero-order chi connectivity index (χ0) is 15.2. The molecule has 1 rings (SSSR count). The fraction of sp³-hybridized carbons (Fsp3) is 0.500. The molecular weight excluding hydrogens is 258 g/mol. The zero-order valence-electron chi connectivity index (χ0n) is 12.3. The summed E-state index contributed by atoms with van der Waals surface area (Å²) in [4.78, 5) is 28.0. The lowest BCUT2D eigenvalue weighted by Gasteiger charge is -2.35. The van der Waals surface area contributed by atoms with Gasteiger partial charge in [0.25, 0.3) is 0 Å². The molecule has 1 aromatic rings. The van der Waals surface area contributed by atoms with Crippen molar-refractivity contribution in [2.75, 3.05) is 7.05 Å². The molecule has 2 amide bonds. The van der Waals surface area contributed by atoms with Crippen LogP contribution >= 0.6 is 0 Å². The van der Waals surface area contributed by atoms with Gasteiger partial charge in [-0.2, -0.15) is 0 Å². The van der Waals surface area contributed by atoms with E-state index in [-0.39, 0.29) is 12.0 Å². The first kappa shape index (κ1) is 15.9. The summed E-state index contributed by atoms with van der Waals surface area (Å²) < 4.78 is 5.12. The maximum absolute atomic E-state index is 11.8. The molecule has 0 bridgehead atoms. The number of aromatic nitrogens is 1. The number of amides is 2. The van der Waals surface area contributed by atoms with Crippen LogP contribution in [0.5, 0.6) is 0 Å². The van der Waals surface area contributed by atoms with Crippen molar-refractivity contribution < 1.29 is 14.3 Å². The van der Waals surface area contributed by atoms with E-state index >= 15 is 0 Å². The van der Waals surface area contributed by atoms with Crippen molar-refractivity contribution in [3.63, 3.8) is 0 Å². The van der Waals surface area contributed by atoms with E-state index in [1.165, 1.54) is 4.90 Å². The minimum absolute atomic E-state index is 0.140. The summed E-state index contributed by atoms with van der Waals surface area (Å²) in [6.07, 6.45) is 2.95. The van der Waals surface area contributed by atoms with E-state index in [1.807, 2.05) is 26.8 Å². The number of carbonyl (C=O) groups is 2. The first-order valence-electron chi connectivity index (χ1n) is 6.34. The number of rotatable bonds is 5. The molecule has 20 heavy (non-hydrogen) atoms. The number of alkyl carbamates (subject to hydrolysis) is 1. The van der Waals surface area contributed by atoms with Crippen LogP contribution in [0.15, 0.2) is 24.5 Å². The number of hydrogen-bond donors (Lipinski definition) is 1. The van der Waals surface area contributed by atoms with Crippen LogP contribution < -0.4 is 5.32 Å². The smallest absolute Gasteiger partial charge is 0.409 e. The largest absolute Gasteiger partial charge is 0.445 e. The number of carbonyl (C=O) groups excluding carboxylic acids is 2. The molecule has 0 aromatic carbocycles. The van der Waals surface area contributed by atoms with Gasteiger partial charge >= 0.3 is 6.09 Å². The molecule has 1 aromatic heterocycles. The third-order valence-electron chi connectivity index (χ3n) is 2.74. The van der Waals surface area contributed by atoms with E-state index in [0.717, 1.165) is 5.56 Å². The Labute approximate surface area is 119 Å². The van der Waals surface area contributed by atoms with Gasteiger partial charge in [-0.15, -0.1) is 0 Å². The normalized spacial score (nSPS) is 12.4. The van der Waals surface area contributed by atoms with Crippen LogP contribution in [-0.4, -0.2) is 35.6 Å². The molecule has 1 heterocycles. The van der Waals surface area contributed by atoms with Crippen LogP contribution in [-0.2, 0) is 16.1 Å². The van der Waals surface area contributed by atoms with Crippen molar-refractivity contribution in [1.29, 1.82) is 0 Å². The maximum atomic E-state index is 11.8. The first-order chi connectivity index (χ1) is 9.34. The van der Waals surface area contributed by atoms with E-state index in [4.69, 9.17) is 4.74 Å². The van der Waals surface area contributed by atoms with Gasteiger partial charge in [-0.3, -0.25) is 9.78 Å². The van der Waals surface area contributed by atoms with Crippen molar-refractivity contribution in [2.24, 2.45) is 5.41 Å². The molecule has 6 nitrogen and oxygen atoms in total. The molecule has 0 aliphatic heterocycles. The van der Waals surface area contributed by atoms with Crippen LogP contribution in [0.2, 0.25) is 0 Å². The minimum atomic E-state index is -0.567. The second-order valence-electron chi connectivity index (χ2n) is 5.62. The number of pyridine rings is 1. The molecule has 0 fully saturated rings. The second-order valence-corrected chi connectivity index (χ2v) is 5.62. The quantitative estimate of drug-likeness (QED) is 0.658. The molecule has 6 heteroatoms. The highest BCUT2D eigenvalue weighted by atomic mass is 16.5. The van der Waals surface area contributed by atoms with Crippen molar-refractivity contribution in [1.82, 2.24) is 15.2 Å². The van der Waals surface area contributed by atoms with Gasteiger partial charge in [0, 0.05) is 30.4 Å². The summed E-state index contributed by atoms with van der Waals surface area (Å²) in [5, 5.41) is 2.69. The molecule has 0 spiro atoms. The summed E-state index contributed by atoms with van der Waals surface area (Å²) in [5.41, 5.74) is 0.502. The summed E-state index contributed by atoms with van der Waals surface area (Å²) in [6, 6.07) is 3.59. The maximum Gasteiger partial charge on any atom is 0.409 e. The number of hydrogen-bond acceptors (Lipinski definition) is 4. The van der Waals surface area contributed by atoms with Gasteiger partial charge in [-0.05, 0) is 6.07 Å². The lowest BCUT2D eigenvalue weighted by Crippen LogP contribution is -2.53. The molecule has 0 aliphatic carbocycles. The predicted molar refractivity (Wildman–Crippen MR) is 74.6 cm³/mol. The molecule has 0 aliphatic rings. The molecule has 0 saturated carbocycles. The Morgan fingerprint density at radius 1 is 1.55 bits per heavy atom. The number of nitrogens with one attached hydrogen (secondary N) is 1. The summed E-state index contributed by atoms with van der Waals surface area (Å²) in [6.45, 7) is 5.93. The van der Waals surface area contributed by atoms with Gasteiger partial charge < -0.3 is 15.0 Å². The van der Waals surface area contributed by atoms with Gasteiger partial charge in [0.05, 0.1) is 0 Å². The van der Waals surface area contributed by atoms with Gasteiger partial charge in [0.1, 0.15) is 12.8 Å². The molecule has 0 saturated heterocycles. The number of nitrogens with zero attached hydrogens (tertiary/aromatic N) is 2. The van der Waals surface area contributed by atoms with E-state index in [2.05, 4.69) is 10.3 Å². The minimum Gasteiger partial charge on any atom is -0.445 e. The Balaban J connectivity index is 2.56. The lowest BCUT2D eigenvalue weighted by atomic mass is 9.91. The fourth-order valence-electron chi connectivity index (χ4n) is 1.78. The van der Waals surface area contributed by atoms with Crippen LogP contribution in [0, 0.1) is 5.41 Å².